The summed E-state index contributed by atoms with van der Waals surface area (Å²) in [4.78, 5) is 13.6. The number of para-hydroxylation sites is 1. The van der Waals surface area contributed by atoms with Gasteiger partial charge in [-0.2, -0.15) is 0 Å². The Morgan fingerprint density at radius 2 is 2.04 bits per heavy atom. The molecule has 25 heavy (non-hydrogen) atoms. The molecule has 0 spiro atoms. The summed E-state index contributed by atoms with van der Waals surface area (Å²) in [6, 6.07) is 8.24. The molecule has 1 aliphatic heterocycles. The maximum Gasteiger partial charge on any atom is 0.196 e. The van der Waals surface area contributed by atoms with E-state index in [2.05, 4.69) is 26.7 Å². The summed E-state index contributed by atoms with van der Waals surface area (Å²) < 4.78 is 6.07. The lowest BCUT2D eigenvalue weighted by atomic mass is 10.1. The van der Waals surface area contributed by atoms with E-state index >= 15 is 0 Å². The number of aromatic nitrogens is 2. The number of hydrogen-bond donors (Lipinski definition) is 1. The van der Waals surface area contributed by atoms with E-state index in [4.69, 9.17) is 4.42 Å². The summed E-state index contributed by atoms with van der Waals surface area (Å²) in [5.41, 5.74) is 1.79. The molecular weight excluding hydrogens is 316 g/mol. The Morgan fingerprint density at radius 3 is 2.80 bits per heavy atom. The van der Waals surface area contributed by atoms with Gasteiger partial charge in [0.1, 0.15) is 17.4 Å². The molecule has 3 aromatic rings. The molecule has 6 nitrogen and oxygen atoms in total. The van der Waals surface area contributed by atoms with Crippen molar-refractivity contribution in [3.63, 3.8) is 0 Å². The molecule has 0 saturated carbocycles. The van der Waals surface area contributed by atoms with E-state index < -0.39 is 5.60 Å². The first kappa shape index (κ1) is 16.3. The first-order chi connectivity index (χ1) is 11.9. The summed E-state index contributed by atoms with van der Waals surface area (Å²) in [6.07, 6.45) is 1.62. The molecule has 6 heteroatoms. The first-order valence-electron chi connectivity index (χ1n) is 8.76. The molecule has 0 radical (unpaired) electrons. The molecule has 132 valence electrons. The van der Waals surface area contributed by atoms with Gasteiger partial charge in [0.25, 0.3) is 0 Å². The average Bonchev–Trinajstić information content (AvgIpc) is 2.92. The third-order valence-corrected chi connectivity index (χ3v) is 4.73. The highest BCUT2D eigenvalue weighted by Crippen LogP contribution is 2.33. The van der Waals surface area contributed by atoms with Crippen LogP contribution in [0.4, 0.5) is 5.82 Å². The highest BCUT2D eigenvalue weighted by atomic mass is 16.3. The normalized spacial score (nSPS) is 19.8. The second kappa shape index (κ2) is 5.97. The molecule has 1 saturated heterocycles. The van der Waals surface area contributed by atoms with E-state index in [0.29, 0.717) is 6.54 Å². The van der Waals surface area contributed by atoms with E-state index in [-0.39, 0.29) is 6.04 Å². The van der Waals surface area contributed by atoms with Crippen molar-refractivity contribution in [3.05, 3.63) is 30.6 Å². The zero-order valence-electron chi connectivity index (χ0n) is 14.9. The van der Waals surface area contributed by atoms with Gasteiger partial charge in [-0.1, -0.05) is 12.1 Å². The van der Waals surface area contributed by atoms with Gasteiger partial charge in [-0.3, -0.25) is 4.90 Å². The highest BCUT2D eigenvalue weighted by Gasteiger charge is 2.29. The molecule has 1 aromatic carbocycles. The van der Waals surface area contributed by atoms with Gasteiger partial charge in [0, 0.05) is 37.6 Å². The van der Waals surface area contributed by atoms with E-state index in [1.165, 1.54) is 0 Å². The standard InChI is InChI=1S/C19H24N4O2/c1-13-10-22(11-19(2,3)24)8-9-23(13)18-17-16(20-12-21-18)14-6-4-5-7-15(14)25-17/h4-7,12-13,24H,8-11H2,1-3H3. The van der Waals surface area contributed by atoms with Crippen LogP contribution in [0.5, 0.6) is 0 Å². The molecule has 1 unspecified atom stereocenters. The smallest absolute Gasteiger partial charge is 0.196 e. The minimum absolute atomic E-state index is 0.280. The maximum absolute atomic E-state index is 10.1. The molecule has 2 aromatic heterocycles. The Labute approximate surface area is 147 Å². The number of benzene rings is 1. The van der Waals surface area contributed by atoms with Crippen molar-refractivity contribution in [1.82, 2.24) is 14.9 Å². The van der Waals surface area contributed by atoms with Gasteiger partial charge in [0.05, 0.1) is 5.60 Å². The monoisotopic (exact) mass is 340 g/mol. The van der Waals surface area contributed by atoms with Gasteiger partial charge in [-0.25, -0.2) is 9.97 Å². The topological polar surface area (TPSA) is 65.6 Å². The van der Waals surface area contributed by atoms with Crippen LogP contribution in [0, 0.1) is 0 Å². The minimum Gasteiger partial charge on any atom is -0.450 e. The van der Waals surface area contributed by atoms with Gasteiger partial charge in [0.2, 0.25) is 0 Å². The second-order valence-electron chi connectivity index (χ2n) is 7.56. The van der Waals surface area contributed by atoms with Crippen LogP contribution in [0.1, 0.15) is 20.8 Å². The minimum atomic E-state index is -0.678. The fourth-order valence-corrected chi connectivity index (χ4v) is 3.75. The van der Waals surface area contributed by atoms with E-state index in [1.807, 2.05) is 38.1 Å². The van der Waals surface area contributed by atoms with Crippen molar-refractivity contribution >= 4 is 27.9 Å². The van der Waals surface area contributed by atoms with Gasteiger partial charge in [0.15, 0.2) is 11.4 Å². The van der Waals surface area contributed by atoms with Gasteiger partial charge < -0.3 is 14.4 Å². The number of aliphatic hydroxyl groups is 1. The van der Waals surface area contributed by atoms with E-state index in [1.54, 1.807) is 6.33 Å². The largest absolute Gasteiger partial charge is 0.450 e. The molecule has 1 N–H and O–H groups in total. The SMILES string of the molecule is CC1CN(CC(C)(C)O)CCN1c1ncnc2c1oc1ccccc12. The van der Waals surface area contributed by atoms with Crippen LogP contribution in [0.2, 0.25) is 0 Å². The van der Waals surface area contributed by atoms with Crippen LogP contribution in [0.25, 0.3) is 22.1 Å². The lowest BCUT2D eigenvalue weighted by Gasteiger charge is -2.42. The molecule has 0 bridgehead atoms. The van der Waals surface area contributed by atoms with Crippen LogP contribution in [-0.4, -0.2) is 57.8 Å². The van der Waals surface area contributed by atoms with Gasteiger partial charge >= 0.3 is 0 Å². The number of piperazine rings is 1. The first-order valence-corrected chi connectivity index (χ1v) is 8.76. The van der Waals surface area contributed by atoms with Gasteiger partial charge in [-0.05, 0) is 32.9 Å². The summed E-state index contributed by atoms with van der Waals surface area (Å²) >= 11 is 0. The van der Waals surface area contributed by atoms with Crippen LogP contribution in [-0.2, 0) is 0 Å². The summed E-state index contributed by atoms with van der Waals surface area (Å²) in [7, 11) is 0. The van der Waals surface area contributed by atoms with Crippen LogP contribution >= 0.6 is 0 Å². The Bertz CT molecular complexity index is 899. The number of anilines is 1. The van der Waals surface area contributed by atoms with Crippen molar-refractivity contribution in [2.45, 2.75) is 32.4 Å². The van der Waals surface area contributed by atoms with Crippen molar-refractivity contribution in [2.75, 3.05) is 31.1 Å². The number of furan rings is 1. The Balaban J connectivity index is 1.66. The van der Waals surface area contributed by atoms with Crippen LogP contribution in [0.3, 0.4) is 0 Å². The fraction of sp³-hybridized carbons (Fsp3) is 0.474. The number of rotatable bonds is 3. The third-order valence-electron chi connectivity index (χ3n) is 4.73. The lowest BCUT2D eigenvalue weighted by Crippen LogP contribution is -2.55. The molecule has 4 rings (SSSR count). The lowest BCUT2D eigenvalue weighted by molar-refractivity contribution is 0.0307. The number of hydrogen-bond acceptors (Lipinski definition) is 6. The molecule has 0 amide bonds. The zero-order valence-corrected chi connectivity index (χ0v) is 14.9. The van der Waals surface area contributed by atoms with Crippen molar-refractivity contribution < 1.29 is 9.52 Å². The van der Waals surface area contributed by atoms with E-state index in [0.717, 1.165) is 47.5 Å². The van der Waals surface area contributed by atoms with Crippen molar-refractivity contribution in [3.8, 4) is 0 Å². The molecule has 1 fully saturated rings. The number of β-amino-alcohol motifs (C(OH)–C–C–N with tert-alkyl or cyclic N) is 1. The summed E-state index contributed by atoms with van der Waals surface area (Å²) in [6.45, 7) is 9.19. The number of fused-ring (bicyclic) bond motifs is 3. The molecular formula is C19H24N4O2. The highest BCUT2D eigenvalue weighted by molar-refractivity contribution is 6.05. The van der Waals surface area contributed by atoms with Crippen LogP contribution < -0.4 is 4.90 Å². The third kappa shape index (κ3) is 3.07. The fourth-order valence-electron chi connectivity index (χ4n) is 3.75. The number of nitrogens with zero attached hydrogens (tertiary/aromatic N) is 4. The predicted molar refractivity (Wildman–Crippen MR) is 98.9 cm³/mol. The zero-order chi connectivity index (χ0) is 17.6. The summed E-state index contributed by atoms with van der Waals surface area (Å²) in [5.74, 6) is 0.858. The molecule has 1 aliphatic rings. The Hall–Kier alpha value is -2.18. The molecule has 3 heterocycles. The average molecular weight is 340 g/mol. The van der Waals surface area contributed by atoms with Crippen molar-refractivity contribution in [1.29, 1.82) is 0 Å². The van der Waals surface area contributed by atoms with Crippen molar-refractivity contribution in [2.24, 2.45) is 0 Å². The Morgan fingerprint density at radius 1 is 1.24 bits per heavy atom. The van der Waals surface area contributed by atoms with Crippen LogP contribution in [0.15, 0.2) is 35.0 Å². The summed E-state index contributed by atoms with van der Waals surface area (Å²) in [5, 5.41) is 11.1. The molecule has 1 atom stereocenters. The Kier molecular flexibility index (Phi) is 3.89. The quantitative estimate of drug-likeness (QED) is 0.791. The molecule has 0 aliphatic carbocycles. The predicted octanol–water partition coefficient (Wildman–Crippen LogP) is 2.66. The maximum atomic E-state index is 10.1. The van der Waals surface area contributed by atoms with Gasteiger partial charge in [-0.15, -0.1) is 0 Å². The second-order valence-corrected chi connectivity index (χ2v) is 7.56. The van der Waals surface area contributed by atoms with E-state index in [9.17, 15) is 5.11 Å².